The summed E-state index contributed by atoms with van der Waals surface area (Å²) in [4.78, 5) is 38.6. The van der Waals surface area contributed by atoms with Gasteiger partial charge in [-0.2, -0.15) is 0 Å². The van der Waals surface area contributed by atoms with E-state index >= 15 is 0 Å². The summed E-state index contributed by atoms with van der Waals surface area (Å²) >= 11 is 0. The molecule has 2 amide bonds. The molecule has 5 nitrogen and oxygen atoms in total. The average Bonchev–Trinajstić information content (AvgIpc) is 2.59. The summed E-state index contributed by atoms with van der Waals surface area (Å²) in [5.74, 6) is -1.05. The van der Waals surface area contributed by atoms with Crippen molar-refractivity contribution in [3.8, 4) is 0 Å². The van der Waals surface area contributed by atoms with Crippen LogP contribution in [-0.4, -0.2) is 35.8 Å². The minimum atomic E-state index is -1.06. The van der Waals surface area contributed by atoms with E-state index in [2.05, 4.69) is 0 Å². The first-order chi connectivity index (χ1) is 11.4. The van der Waals surface area contributed by atoms with Gasteiger partial charge in [-0.3, -0.25) is 19.3 Å². The number of imide groups is 1. The zero-order valence-corrected chi connectivity index (χ0v) is 14.2. The van der Waals surface area contributed by atoms with Gasteiger partial charge in [-0.25, -0.2) is 0 Å². The van der Waals surface area contributed by atoms with E-state index in [1.54, 1.807) is 31.2 Å². The first-order valence-corrected chi connectivity index (χ1v) is 8.55. The number of ether oxygens (including phenoxy) is 1. The molecule has 128 valence electrons. The number of rotatable bonds is 3. The van der Waals surface area contributed by atoms with Crippen molar-refractivity contribution in [1.29, 1.82) is 0 Å². The SMILES string of the molecule is CN1C(=O)c2ccccc2C(C)(CC(=O)OC2CCCCC2)C1=O. The van der Waals surface area contributed by atoms with Crippen molar-refractivity contribution in [2.24, 2.45) is 0 Å². The molecular formula is C19H23NO4. The highest BCUT2D eigenvalue weighted by molar-refractivity contribution is 6.13. The maximum atomic E-state index is 12.7. The van der Waals surface area contributed by atoms with Gasteiger partial charge in [-0.1, -0.05) is 24.6 Å². The fourth-order valence-electron chi connectivity index (χ4n) is 3.78. The molecule has 0 spiro atoms. The number of carbonyl (C=O) groups excluding carboxylic acids is 3. The number of carbonyl (C=O) groups is 3. The Morgan fingerprint density at radius 2 is 1.88 bits per heavy atom. The lowest BCUT2D eigenvalue weighted by atomic mass is 9.73. The zero-order valence-electron chi connectivity index (χ0n) is 14.2. The second-order valence-corrected chi connectivity index (χ2v) is 6.97. The minimum absolute atomic E-state index is 0.0388. The van der Waals surface area contributed by atoms with E-state index in [1.807, 2.05) is 0 Å². The Morgan fingerprint density at radius 3 is 2.58 bits per heavy atom. The summed E-state index contributed by atoms with van der Waals surface area (Å²) in [6, 6.07) is 7.01. The van der Waals surface area contributed by atoms with Gasteiger partial charge in [0, 0.05) is 12.6 Å². The van der Waals surface area contributed by atoms with Crippen molar-refractivity contribution in [1.82, 2.24) is 4.90 Å². The molecule has 0 aromatic heterocycles. The topological polar surface area (TPSA) is 63.7 Å². The van der Waals surface area contributed by atoms with E-state index < -0.39 is 5.41 Å². The Kier molecular flexibility index (Phi) is 4.43. The molecule has 0 N–H and O–H groups in total. The molecule has 3 rings (SSSR count). The van der Waals surface area contributed by atoms with Gasteiger partial charge in [0.2, 0.25) is 5.91 Å². The molecule has 1 unspecified atom stereocenters. The Bertz CT molecular complexity index is 678. The third-order valence-electron chi connectivity index (χ3n) is 5.18. The van der Waals surface area contributed by atoms with E-state index in [0.717, 1.165) is 30.6 Å². The predicted molar refractivity (Wildman–Crippen MR) is 88.5 cm³/mol. The average molecular weight is 329 g/mol. The van der Waals surface area contributed by atoms with E-state index in [1.165, 1.54) is 13.5 Å². The van der Waals surface area contributed by atoms with Crippen LogP contribution in [0.2, 0.25) is 0 Å². The molecular weight excluding hydrogens is 306 g/mol. The molecule has 1 aliphatic carbocycles. The Hall–Kier alpha value is -2.17. The summed E-state index contributed by atoms with van der Waals surface area (Å²) < 4.78 is 5.59. The molecule has 24 heavy (non-hydrogen) atoms. The molecule has 1 aromatic rings. The van der Waals surface area contributed by atoms with Crippen LogP contribution in [-0.2, 0) is 19.7 Å². The van der Waals surface area contributed by atoms with Gasteiger partial charge >= 0.3 is 5.97 Å². The fraction of sp³-hybridized carbons (Fsp3) is 0.526. The third-order valence-corrected chi connectivity index (χ3v) is 5.18. The largest absolute Gasteiger partial charge is 0.462 e. The minimum Gasteiger partial charge on any atom is -0.462 e. The van der Waals surface area contributed by atoms with Crippen LogP contribution in [0.1, 0.15) is 61.4 Å². The van der Waals surface area contributed by atoms with Gasteiger partial charge in [-0.05, 0) is 44.2 Å². The van der Waals surface area contributed by atoms with Gasteiger partial charge < -0.3 is 4.74 Å². The highest BCUT2D eigenvalue weighted by Crippen LogP contribution is 2.37. The van der Waals surface area contributed by atoms with Crippen molar-refractivity contribution in [2.75, 3.05) is 7.05 Å². The van der Waals surface area contributed by atoms with Crippen LogP contribution in [0.15, 0.2) is 24.3 Å². The lowest BCUT2D eigenvalue weighted by Gasteiger charge is -2.37. The molecule has 1 heterocycles. The van der Waals surface area contributed by atoms with E-state index in [4.69, 9.17) is 4.74 Å². The van der Waals surface area contributed by atoms with Crippen molar-refractivity contribution < 1.29 is 19.1 Å². The number of esters is 1. The van der Waals surface area contributed by atoms with Gasteiger partial charge in [0.1, 0.15) is 6.10 Å². The number of hydrogen-bond acceptors (Lipinski definition) is 4. The second kappa shape index (κ2) is 6.38. The third kappa shape index (κ3) is 2.83. The van der Waals surface area contributed by atoms with Crippen LogP contribution in [0.5, 0.6) is 0 Å². The molecule has 1 fully saturated rings. The molecule has 5 heteroatoms. The molecule has 2 aliphatic rings. The maximum absolute atomic E-state index is 12.7. The summed E-state index contributed by atoms with van der Waals surface area (Å²) in [5.41, 5.74) is 0.0246. The molecule has 0 radical (unpaired) electrons. The second-order valence-electron chi connectivity index (χ2n) is 6.97. The first-order valence-electron chi connectivity index (χ1n) is 8.55. The molecule has 1 aliphatic heterocycles. The van der Waals surface area contributed by atoms with E-state index in [0.29, 0.717) is 11.1 Å². The normalized spacial score (nSPS) is 24.7. The molecule has 1 atom stereocenters. The Balaban J connectivity index is 1.84. The van der Waals surface area contributed by atoms with Crippen LogP contribution in [0, 0.1) is 0 Å². The Morgan fingerprint density at radius 1 is 1.21 bits per heavy atom. The van der Waals surface area contributed by atoms with Crippen LogP contribution in [0.3, 0.4) is 0 Å². The fourth-order valence-corrected chi connectivity index (χ4v) is 3.78. The van der Waals surface area contributed by atoms with Crippen LogP contribution in [0.4, 0.5) is 0 Å². The number of hydrogen-bond donors (Lipinski definition) is 0. The number of likely N-dealkylation sites (N-methyl/N-ethyl adjacent to an activating group) is 1. The number of amides is 2. The summed E-state index contributed by atoms with van der Waals surface area (Å²) in [5, 5.41) is 0. The highest BCUT2D eigenvalue weighted by Gasteiger charge is 2.47. The quantitative estimate of drug-likeness (QED) is 0.632. The molecule has 1 aromatic carbocycles. The standard InChI is InChI=1S/C19H23NO4/c1-19(12-16(21)24-13-8-4-3-5-9-13)15-11-7-6-10-14(15)17(22)20(2)18(19)23/h6-7,10-11,13H,3-5,8-9,12H2,1-2H3. The number of nitrogens with zero attached hydrogens (tertiary/aromatic N) is 1. The number of fused-ring (bicyclic) bond motifs is 1. The lowest BCUT2D eigenvalue weighted by Crippen LogP contribution is -2.52. The van der Waals surface area contributed by atoms with Crippen molar-refractivity contribution in [2.45, 2.75) is 57.0 Å². The van der Waals surface area contributed by atoms with Crippen LogP contribution in [0.25, 0.3) is 0 Å². The van der Waals surface area contributed by atoms with Crippen LogP contribution < -0.4 is 0 Å². The van der Waals surface area contributed by atoms with Crippen molar-refractivity contribution in [3.05, 3.63) is 35.4 Å². The highest BCUT2D eigenvalue weighted by atomic mass is 16.5. The lowest BCUT2D eigenvalue weighted by molar-refractivity contribution is -0.155. The maximum Gasteiger partial charge on any atom is 0.307 e. The number of benzene rings is 1. The Labute approximate surface area is 142 Å². The van der Waals surface area contributed by atoms with Crippen molar-refractivity contribution in [3.63, 3.8) is 0 Å². The van der Waals surface area contributed by atoms with Crippen molar-refractivity contribution >= 4 is 17.8 Å². The monoisotopic (exact) mass is 329 g/mol. The van der Waals surface area contributed by atoms with E-state index in [-0.39, 0.29) is 30.3 Å². The predicted octanol–water partition coefficient (Wildman–Crippen LogP) is 2.82. The zero-order chi connectivity index (χ0) is 17.3. The first kappa shape index (κ1) is 16.7. The molecule has 1 saturated carbocycles. The van der Waals surface area contributed by atoms with E-state index in [9.17, 15) is 14.4 Å². The van der Waals surface area contributed by atoms with Gasteiger partial charge in [-0.15, -0.1) is 0 Å². The summed E-state index contributed by atoms with van der Waals surface area (Å²) in [6.45, 7) is 1.72. The van der Waals surface area contributed by atoms with Gasteiger partial charge in [0.15, 0.2) is 0 Å². The summed E-state index contributed by atoms with van der Waals surface area (Å²) in [7, 11) is 1.46. The molecule has 0 bridgehead atoms. The van der Waals surface area contributed by atoms with Crippen LogP contribution >= 0.6 is 0 Å². The van der Waals surface area contributed by atoms with Gasteiger partial charge in [0.25, 0.3) is 5.91 Å². The molecule has 0 saturated heterocycles. The smallest absolute Gasteiger partial charge is 0.307 e. The van der Waals surface area contributed by atoms with Gasteiger partial charge in [0.05, 0.1) is 11.8 Å². The summed E-state index contributed by atoms with van der Waals surface area (Å²) in [6.07, 6.45) is 5.05.